The van der Waals surface area contributed by atoms with E-state index in [2.05, 4.69) is 0 Å². The van der Waals surface area contributed by atoms with Crippen LogP contribution in [0.5, 0.6) is 11.5 Å². The van der Waals surface area contributed by atoms with Gasteiger partial charge in [0.15, 0.2) is 0 Å². The molecular weight excluding hydrogens is 365 g/mol. The SMILES string of the molecule is BCc1cc(Oc2ccccc2Cl)c(Cl)cc1NC(=O)C(F)(F)F. The molecule has 0 saturated carbocycles. The Hall–Kier alpha value is -1.86. The summed E-state index contributed by atoms with van der Waals surface area (Å²) < 4.78 is 42.8. The third kappa shape index (κ3) is 4.36. The minimum atomic E-state index is -4.98. The largest absolute Gasteiger partial charge is 0.471 e. The van der Waals surface area contributed by atoms with Crippen molar-refractivity contribution in [3.05, 3.63) is 52.0 Å². The van der Waals surface area contributed by atoms with Crippen molar-refractivity contribution in [2.75, 3.05) is 5.32 Å². The van der Waals surface area contributed by atoms with Crippen molar-refractivity contribution in [3.63, 3.8) is 0 Å². The Morgan fingerprint density at radius 2 is 1.79 bits per heavy atom. The molecule has 0 atom stereocenters. The molecule has 0 bridgehead atoms. The maximum absolute atomic E-state index is 12.4. The fourth-order valence-electron chi connectivity index (χ4n) is 1.92. The molecule has 24 heavy (non-hydrogen) atoms. The highest BCUT2D eigenvalue weighted by atomic mass is 35.5. The van der Waals surface area contributed by atoms with Crippen molar-refractivity contribution < 1.29 is 22.7 Å². The van der Waals surface area contributed by atoms with Gasteiger partial charge >= 0.3 is 12.1 Å². The molecule has 0 spiro atoms. The van der Waals surface area contributed by atoms with E-state index < -0.39 is 12.1 Å². The first kappa shape index (κ1) is 18.5. The number of carbonyl (C=O) groups is 1. The summed E-state index contributed by atoms with van der Waals surface area (Å²) in [6.45, 7) is 0. The summed E-state index contributed by atoms with van der Waals surface area (Å²) >= 11 is 12.1. The smallest absolute Gasteiger partial charge is 0.454 e. The van der Waals surface area contributed by atoms with E-state index in [0.717, 1.165) is 0 Å². The normalized spacial score (nSPS) is 11.2. The van der Waals surface area contributed by atoms with Gasteiger partial charge in [0.2, 0.25) is 0 Å². The molecule has 2 aromatic rings. The number of carbonyl (C=O) groups excluding carboxylic acids is 1. The molecular formula is C15H11BCl2F3NO2. The number of amides is 1. The van der Waals surface area contributed by atoms with Crippen LogP contribution in [0.15, 0.2) is 36.4 Å². The van der Waals surface area contributed by atoms with Gasteiger partial charge in [-0.15, -0.1) is 0 Å². The van der Waals surface area contributed by atoms with Gasteiger partial charge in [0.1, 0.15) is 19.3 Å². The lowest BCUT2D eigenvalue weighted by atomic mass is 9.95. The third-order valence-corrected chi connectivity index (χ3v) is 3.71. The second-order valence-electron chi connectivity index (χ2n) is 4.78. The highest BCUT2D eigenvalue weighted by molar-refractivity contribution is 6.33. The van der Waals surface area contributed by atoms with E-state index in [1.165, 1.54) is 12.1 Å². The Morgan fingerprint density at radius 3 is 2.38 bits per heavy atom. The van der Waals surface area contributed by atoms with Crippen molar-refractivity contribution in [2.24, 2.45) is 0 Å². The van der Waals surface area contributed by atoms with E-state index in [4.69, 9.17) is 27.9 Å². The summed E-state index contributed by atoms with van der Waals surface area (Å²) in [4.78, 5) is 11.1. The Labute approximate surface area is 147 Å². The number of hydrogen-bond donors (Lipinski definition) is 1. The molecule has 0 unspecified atom stereocenters. The predicted octanol–water partition coefficient (Wildman–Crippen LogP) is 4.42. The molecule has 1 amide bonds. The van der Waals surface area contributed by atoms with Gasteiger partial charge in [-0.05, 0) is 29.8 Å². The molecule has 0 aliphatic rings. The van der Waals surface area contributed by atoms with E-state index in [1.54, 1.807) is 32.1 Å². The third-order valence-electron chi connectivity index (χ3n) is 3.10. The van der Waals surface area contributed by atoms with Crippen LogP contribution in [-0.2, 0) is 11.1 Å². The zero-order chi connectivity index (χ0) is 17.9. The molecule has 0 aliphatic carbocycles. The first-order valence-corrected chi connectivity index (χ1v) is 7.61. The highest BCUT2D eigenvalue weighted by Gasteiger charge is 2.39. The van der Waals surface area contributed by atoms with Gasteiger partial charge in [0.25, 0.3) is 0 Å². The molecule has 0 saturated heterocycles. The van der Waals surface area contributed by atoms with Crippen LogP contribution in [0.25, 0.3) is 0 Å². The fourth-order valence-corrected chi connectivity index (χ4v) is 2.30. The number of benzene rings is 2. The van der Waals surface area contributed by atoms with Crippen LogP contribution in [-0.4, -0.2) is 19.9 Å². The number of halogens is 5. The van der Waals surface area contributed by atoms with Gasteiger partial charge in [0.05, 0.1) is 10.0 Å². The number of alkyl halides is 3. The number of nitrogens with one attached hydrogen (secondary N) is 1. The molecule has 0 fully saturated rings. The molecule has 2 aromatic carbocycles. The molecule has 2 rings (SSSR count). The topological polar surface area (TPSA) is 38.3 Å². The predicted molar refractivity (Wildman–Crippen MR) is 89.9 cm³/mol. The zero-order valence-electron chi connectivity index (χ0n) is 12.4. The number of hydrogen-bond acceptors (Lipinski definition) is 2. The molecule has 0 aromatic heterocycles. The number of anilines is 1. The number of ether oxygens (including phenoxy) is 1. The Kier molecular flexibility index (Phi) is 5.67. The van der Waals surface area contributed by atoms with Gasteiger partial charge in [-0.1, -0.05) is 41.7 Å². The lowest BCUT2D eigenvalue weighted by Gasteiger charge is -2.15. The minimum Gasteiger partial charge on any atom is -0.454 e. The quantitative estimate of drug-likeness (QED) is 0.803. The van der Waals surface area contributed by atoms with E-state index in [0.29, 0.717) is 22.7 Å². The summed E-state index contributed by atoms with van der Waals surface area (Å²) in [7, 11) is 1.73. The molecule has 0 radical (unpaired) electrons. The van der Waals surface area contributed by atoms with Gasteiger partial charge in [-0.2, -0.15) is 13.2 Å². The summed E-state index contributed by atoms with van der Waals surface area (Å²) in [5.41, 5.74) is 0.426. The van der Waals surface area contributed by atoms with Gasteiger partial charge < -0.3 is 10.1 Å². The molecule has 1 N–H and O–H groups in total. The van der Waals surface area contributed by atoms with Crippen molar-refractivity contribution >= 4 is 42.6 Å². The van der Waals surface area contributed by atoms with Crippen molar-refractivity contribution in [1.82, 2.24) is 0 Å². The maximum atomic E-state index is 12.4. The molecule has 0 heterocycles. The lowest BCUT2D eigenvalue weighted by molar-refractivity contribution is -0.167. The first-order valence-electron chi connectivity index (χ1n) is 6.85. The number of rotatable bonds is 4. The van der Waals surface area contributed by atoms with E-state index in [1.807, 2.05) is 5.32 Å². The van der Waals surface area contributed by atoms with Gasteiger partial charge in [-0.25, -0.2) is 0 Å². The molecule has 9 heteroatoms. The van der Waals surface area contributed by atoms with Gasteiger partial charge in [-0.3, -0.25) is 4.79 Å². The Balaban J connectivity index is 2.33. The van der Waals surface area contributed by atoms with Crippen LogP contribution in [0.2, 0.25) is 10.0 Å². The van der Waals surface area contributed by atoms with Crippen LogP contribution >= 0.6 is 23.2 Å². The molecule has 0 aliphatic heterocycles. The Morgan fingerprint density at radius 1 is 1.12 bits per heavy atom. The number of para-hydroxylation sites is 1. The Bertz CT molecular complexity index is 769. The van der Waals surface area contributed by atoms with Crippen LogP contribution in [0.4, 0.5) is 18.9 Å². The summed E-state index contributed by atoms with van der Waals surface area (Å²) in [5, 5.41) is 2.22. The summed E-state index contributed by atoms with van der Waals surface area (Å²) in [6.07, 6.45) is -4.62. The van der Waals surface area contributed by atoms with Crippen LogP contribution in [0.1, 0.15) is 5.56 Å². The van der Waals surface area contributed by atoms with Crippen LogP contribution in [0, 0.1) is 0 Å². The standard InChI is InChI=1S/C15H11BCl2F3NO2/c16-7-8-5-13(24-12-4-2-1-3-9(12)17)10(18)6-11(8)22-14(23)15(19,20)21/h1-6H,7,16H2,(H,22,23). The van der Waals surface area contributed by atoms with E-state index >= 15 is 0 Å². The second kappa shape index (κ2) is 7.36. The van der Waals surface area contributed by atoms with Crippen molar-refractivity contribution in [2.45, 2.75) is 12.5 Å². The minimum absolute atomic E-state index is 0.0173. The first-order chi connectivity index (χ1) is 11.2. The van der Waals surface area contributed by atoms with E-state index in [-0.39, 0.29) is 16.5 Å². The van der Waals surface area contributed by atoms with Crippen molar-refractivity contribution in [3.8, 4) is 11.5 Å². The monoisotopic (exact) mass is 375 g/mol. The maximum Gasteiger partial charge on any atom is 0.471 e. The van der Waals surface area contributed by atoms with Crippen LogP contribution in [0.3, 0.4) is 0 Å². The fraction of sp³-hybridized carbons (Fsp3) is 0.133. The highest BCUT2D eigenvalue weighted by Crippen LogP contribution is 2.37. The van der Waals surface area contributed by atoms with Gasteiger partial charge in [0, 0.05) is 5.69 Å². The molecule has 126 valence electrons. The summed E-state index contributed by atoms with van der Waals surface area (Å²) in [5.74, 6) is -1.48. The van der Waals surface area contributed by atoms with Crippen LogP contribution < -0.4 is 10.1 Å². The lowest BCUT2D eigenvalue weighted by Crippen LogP contribution is -2.30. The summed E-state index contributed by atoms with van der Waals surface area (Å²) in [6, 6.07) is 9.39. The average Bonchev–Trinajstić information content (AvgIpc) is 2.51. The van der Waals surface area contributed by atoms with Crippen molar-refractivity contribution in [1.29, 1.82) is 0 Å². The second-order valence-corrected chi connectivity index (χ2v) is 5.59. The molecule has 3 nitrogen and oxygen atoms in total. The van der Waals surface area contributed by atoms with E-state index in [9.17, 15) is 18.0 Å². The average molecular weight is 376 g/mol. The zero-order valence-corrected chi connectivity index (χ0v) is 13.9.